The zero-order chi connectivity index (χ0) is 28.3. The van der Waals surface area contributed by atoms with E-state index < -0.39 is 0 Å². The van der Waals surface area contributed by atoms with E-state index in [1.165, 1.54) is 9.80 Å². The van der Waals surface area contributed by atoms with Crippen LogP contribution in [0.2, 0.25) is 0 Å². The van der Waals surface area contributed by atoms with Crippen LogP contribution in [-0.2, 0) is 11.3 Å². The standard InChI is InChI=1S/C29H29N7O3S2/c1-35(2)29(38)34-28-31-16-18(17-32-28)15-30-19-6-7-23-25(12-19)40-24-5-3-4-21(27(24)41-23)22-13-20(14-26(37)33-22)36-8-10-39-11-9-36/h3-7,12-14,16-17,30H,8-11,15H2,1-2H3,(H,33,37)(H,31,32,34,38). The zero-order valence-electron chi connectivity index (χ0n) is 22.6. The molecule has 4 aromatic rings. The molecule has 0 saturated carbocycles. The molecule has 2 amide bonds. The summed E-state index contributed by atoms with van der Waals surface area (Å²) in [4.78, 5) is 44.2. The average Bonchev–Trinajstić information content (AvgIpc) is 2.99. The maximum absolute atomic E-state index is 12.6. The number of anilines is 3. The Bertz CT molecular complexity index is 1640. The summed E-state index contributed by atoms with van der Waals surface area (Å²) in [6.07, 6.45) is 3.40. The van der Waals surface area contributed by atoms with Gasteiger partial charge in [-0.25, -0.2) is 14.8 Å². The van der Waals surface area contributed by atoms with Gasteiger partial charge in [0.25, 0.3) is 0 Å². The molecule has 0 radical (unpaired) electrons. The third-order valence-corrected chi connectivity index (χ3v) is 9.27. The van der Waals surface area contributed by atoms with Crippen LogP contribution < -0.4 is 21.1 Å². The van der Waals surface area contributed by atoms with E-state index in [4.69, 9.17) is 4.74 Å². The molecule has 0 bridgehead atoms. The van der Waals surface area contributed by atoms with Crippen LogP contribution in [0.5, 0.6) is 0 Å². The van der Waals surface area contributed by atoms with E-state index >= 15 is 0 Å². The average molecular weight is 588 g/mol. The van der Waals surface area contributed by atoms with Gasteiger partial charge in [0, 0.05) is 94.3 Å². The van der Waals surface area contributed by atoms with Crippen molar-refractivity contribution in [3.63, 3.8) is 0 Å². The summed E-state index contributed by atoms with van der Waals surface area (Å²) in [7, 11) is 3.32. The van der Waals surface area contributed by atoms with Gasteiger partial charge in [-0.2, -0.15) is 0 Å². The molecule has 12 heteroatoms. The van der Waals surface area contributed by atoms with Crippen molar-refractivity contribution >= 4 is 46.9 Å². The van der Waals surface area contributed by atoms with Crippen LogP contribution in [0.15, 0.2) is 85.3 Å². The maximum Gasteiger partial charge on any atom is 0.323 e. The lowest BCUT2D eigenvalue weighted by Gasteiger charge is -2.29. The molecule has 0 spiro atoms. The molecule has 41 heavy (non-hydrogen) atoms. The summed E-state index contributed by atoms with van der Waals surface area (Å²) < 4.78 is 5.48. The van der Waals surface area contributed by atoms with Gasteiger partial charge in [0.05, 0.1) is 18.9 Å². The highest BCUT2D eigenvalue weighted by molar-refractivity contribution is 8.05. The van der Waals surface area contributed by atoms with E-state index in [1.807, 2.05) is 6.07 Å². The van der Waals surface area contributed by atoms with Crippen LogP contribution in [0.4, 0.5) is 22.1 Å². The van der Waals surface area contributed by atoms with Crippen LogP contribution in [0.1, 0.15) is 5.56 Å². The van der Waals surface area contributed by atoms with E-state index in [0.29, 0.717) is 19.8 Å². The van der Waals surface area contributed by atoms with Crippen molar-refractivity contribution in [2.45, 2.75) is 26.1 Å². The number of fused-ring (bicyclic) bond motifs is 2. The molecule has 2 aromatic carbocycles. The smallest absolute Gasteiger partial charge is 0.323 e. The number of morpholine rings is 1. The lowest BCUT2D eigenvalue weighted by molar-refractivity contribution is 0.122. The first-order valence-electron chi connectivity index (χ1n) is 13.2. The van der Waals surface area contributed by atoms with E-state index in [1.54, 1.807) is 56.1 Å². The third kappa shape index (κ3) is 6.19. The zero-order valence-corrected chi connectivity index (χ0v) is 24.3. The Morgan fingerprint density at radius 3 is 2.61 bits per heavy atom. The quantitative estimate of drug-likeness (QED) is 0.253. The molecular weight excluding hydrogens is 558 g/mol. The fourth-order valence-corrected chi connectivity index (χ4v) is 6.94. The highest BCUT2D eigenvalue weighted by Gasteiger charge is 2.22. The Labute approximate surface area is 245 Å². The van der Waals surface area contributed by atoms with E-state index in [9.17, 15) is 9.59 Å². The molecule has 0 atom stereocenters. The van der Waals surface area contributed by atoms with Crippen molar-refractivity contribution in [2.24, 2.45) is 0 Å². The molecule has 2 aliphatic heterocycles. The van der Waals surface area contributed by atoms with Crippen LogP contribution >= 0.6 is 23.5 Å². The van der Waals surface area contributed by atoms with Gasteiger partial charge in [0.2, 0.25) is 11.5 Å². The Balaban J connectivity index is 1.17. The lowest BCUT2D eigenvalue weighted by Crippen LogP contribution is -2.36. The Hall–Kier alpha value is -4.00. The molecule has 6 rings (SSSR count). The van der Waals surface area contributed by atoms with E-state index in [0.717, 1.165) is 56.0 Å². The van der Waals surface area contributed by atoms with Gasteiger partial charge in [-0.15, -0.1) is 0 Å². The monoisotopic (exact) mass is 587 g/mol. The van der Waals surface area contributed by atoms with Gasteiger partial charge < -0.3 is 24.8 Å². The molecule has 1 fully saturated rings. The van der Waals surface area contributed by atoms with Gasteiger partial charge in [0.15, 0.2) is 0 Å². The van der Waals surface area contributed by atoms with Gasteiger partial charge in [-0.3, -0.25) is 10.1 Å². The van der Waals surface area contributed by atoms with Crippen LogP contribution in [0, 0.1) is 0 Å². The lowest BCUT2D eigenvalue weighted by atomic mass is 10.1. The molecular formula is C29H29N7O3S2. The molecule has 4 heterocycles. The predicted octanol–water partition coefficient (Wildman–Crippen LogP) is 4.99. The molecule has 2 aromatic heterocycles. The third-order valence-electron chi connectivity index (χ3n) is 6.68. The van der Waals surface area contributed by atoms with Crippen molar-refractivity contribution in [3.8, 4) is 11.3 Å². The van der Waals surface area contributed by atoms with Crippen molar-refractivity contribution in [3.05, 3.63) is 76.8 Å². The van der Waals surface area contributed by atoms with E-state index in [2.05, 4.69) is 66.9 Å². The van der Waals surface area contributed by atoms with Crippen molar-refractivity contribution in [2.75, 3.05) is 55.9 Å². The van der Waals surface area contributed by atoms with Crippen molar-refractivity contribution in [1.29, 1.82) is 0 Å². The Morgan fingerprint density at radius 1 is 1.02 bits per heavy atom. The minimum Gasteiger partial charge on any atom is -0.381 e. The second-order valence-corrected chi connectivity index (χ2v) is 11.9. The summed E-state index contributed by atoms with van der Waals surface area (Å²) >= 11 is 3.45. The first kappa shape index (κ1) is 27.2. The topological polar surface area (TPSA) is 115 Å². The number of hydrogen-bond donors (Lipinski definition) is 3. The number of amides is 2. The molecule has 1 saturated heterocycles. The number of urea groups is 1. The fraction of sp³-hybridized carbons (Fsp3) is 0.241. The minimum atomic E-state index is -0.274. The summed E-state index contributed by atoms with van der Waals surface area (Å²) in [5, 5.41) is 6.08. The Kier molecular flexibility index (Phi) is 7.86. The number of carbonyl (C=O) groups excluding carboxylic acids is 1. The molecule has 10 nitrogen and oxygen atoms in total. The molecule has 3 N–H and O–H groups in total. The van der Waals surface area contributed by atoms with Gasteiger partial charge in [0.1, 0.15) is 0 Å². The fourth-order valence-electron chi connectivity index (χ4n) is 4.52. The number of aromatic amines is 1. The van der Waals surface area contributed by atoms with Gasteiger partial charge in [-0.1, -0.05) is 35.7 Å². The summed E-state index contributed by atoms with van der Waals surface area (Å²) in [5.74, 6) is 0.268. The predicted molar refractivity (Wildman–Crippen MR) is 162 cm³/mol. The minimum absolute atomic E-state index is 0.107. The van der Waals surface area contributed by atoms with Crippen LogP contribution in [0.25, 0.3) is 11.3 Å². The van der Waals surface area contributed by atoms with Crippen molar-refractivity contribution < 1.29 is 9.53 Å². The number of nitrogens with zero attached hydrogens (tertiary/aromatic N) is 4. The summed E-state index contributed by atoms with van der Waals surface area (Å²) in [6.45, 7) is 3.43. The molecule has 210 valence electrons. The Morgan fingerprint density at radius 2 is 1.83 bits per heavy atom. The molecule has 0 unspecified atom stereocenters. The SMILES string of the molecule is CN(C)C(=O)Nc1ncc(CNc2ccc3c(c2)Sc2cccc(-c4cc(N5CCOCC5)cc(=O)[nH]4)c2S3)cn1. The van der Waals surface area contributed by atoms with Crippen LogP contribution in [0.3, 0.4) is 0 Å². The van der Waals surface area contributed by atoms with Gasteiger partial charge in [-0.05, 0) is 30.3 Å². The highest BCUT2D eigenvalue weighted by Crippen LogP contribution is 2.52. The van der Waals surface area contributed by atoms with Gasteiger partial charge >= 0.3 is 6.03 Å². The number of benzene rings is 2. The highest BCUT2D eigenvalue weighted by atomic mass is 32.2. The maximum atomic E-state index is 12.6. The first-order chi connectivity index (χ1) is 19.9. The number of pyridine rings is 1. The molecule has 0 aliphatic carbocycles. The summed E-state index contributed by atoms with van der Waals surface area (Å²) in [6, 6.07) is 16.0. The first-order valence-corrected chi connectivity index (χ1v) is 14.8. The van der Waals surface area contributed by atoms with Crippen LogP contribution in [-0.4, -0.2) is 66.3 Å². The number of rotatable bonds is 6. The van der Waals surface area contributed by atoms with E-state index in [-0.39, 0.29) is 17.5 Å². The van der Waals surface area contributed by atoms with Crippen molar-refractivity contribution in [1.82, 2.24) is 19.9 Å². The number of ether oxygens (including phenoxy) is 1. The number of H-pyrrole nitrogens is 1. The largest absolute Gasteiger partial charge is 0.381 e. The second kappa shape index (κ2) is 11.9. The molecule has 2 aliphatic rings. The summed E-state index contributed by atoms with van der Waals surface area (Å²) in [5.41, 5.74) is 4.54. The second-order valence-electron chi connectivity index (χ2n) is 9.81. The number of nitrogens with one attached hydrogen (secondary N) is 3. The normalized spacial score (nSPS) is 14.1. The number of hydrogen-bond acceptors (Lipinski definition) is 9. The number of aromatic nitrogens is 3. The number of carbonyl (C=O) groups is 1.